The number of aryl methyl sites for hydroxylation is 1. The number of rotatable bonds is 1. The molecule has 0 saturated carbocycles. The standard InChI is InChI=1S/C20H19N7O2/c1-25-13-14(11-22-25)5-6-15-12-21-16-3-2-4-17(27(15)16)26-9-7-20(8-10-26)18(28)23-19(29)24-20/h2-4,11-13H,7-10H2,1H3,(H2,23,24,28,29). The van der Waals surface area contributed by atoms with Crippen LogP contribution in [-0.4, -0.2) is 49.7 Å². The van der Waals surface area contributed by atoms with Crippen LogP contribution in [0.25, 0.3) is 5.65 Å². The molecule has 0 unspecified atom stereocenters. The van der Waals surface area contributed by atoms with Gasteiger partial charge in [0.05, 0.1) is 18.0 Å². The molecule has 5 rings (SSSR count). The van der Waals surface area contributed by atoms with E-state index in [4.69, 9.17) is 0 Å². The SMILES string of the molecule is Cn1cc(C#Cc2cnc3cccc(N4CCC5(CC4)NC(=O)NC5=O)n23)cn1. The summed E-state index contributed by atoms with van der Waals surface area (Å²) in [5, 5.41) is 9.29. The number of fused-ring (bicyclic) bond motifs is 1. The third kappa shape index (κ3) is 2.89. The van der Waals surface area contributed by atoms with E-state index >= 15 is 0 Å². The average molecular weight is 389 g/mol. The quantitative estimate of drug-likeness (QED) is 0.471. The van der Waals surface area contributed by atoms with Crippen molar-refractivity contribution in [1.82, 2.24) is 29.8 Å². The number of piperidine rings is 1. The van der Waals surface area contributed by atoms with E-state index in [0.717, 1.165) is 22.7 Å². The Hall–Kier alpha value is -3.80. The van der Waals surface area contributed by atoms with E-state index in [1.165, 1.54) is 0 Å². The number of imide groups is 1. The number of urea groups is 1. The molecule has 0 radical (unpaired) electrons. The molecule has 0 aromatic carbocycles. The summed E-state index contributed by atoms with van der Waals surface area (Å²) in [6.07, 6.45) is 6.45. The van der Waals surface area contributed by atoms with Gasteiger partial charge in [0, 0.05) is 26.3 Å². The van der Waals surface area contributed by atoms with Crippen molar-refractivity contribution < 1.29 is 9.59 Å². The second-order valence-electron chi connectivity index (χ2n) is 7.35. The van der Waals surface area contributed by atoms with Gasteiger partial charge in [-0.15, -0.1) is 0 Å². The monoisotopic (exact) mass is 389 g/mol. The number of imidazole rings is 1. The van der Waals surface area contributed by atoms with Crippen molar-refractivity contribution in [3.63, 3.8) is 0 Å². The molecule has 146 valence electrons. The van der Waals surface area contributed by atoms with Crippen molar-refractivity contribution in [2.24, 2.45) is 7.05 Å². The lowest BCUT2D eigenvalue weighted by molar-refractivity contribution is -0.124. The maximum Gasteiger partial charge on any atom is 0.322 e. The van der Waals surface area contributed by atoms with Crippen molar-refractivity contribution >= 4 is 23.4 Å². The molecular weight excluding hydrogens is 370 g/mol. The van der Waals surface area contributed by atoms with Crippen molar-refractivity contribution in [2.75, 3.05) is 18.0 Å². The van der Waals surface area contributed by atoms with E-state index in [1.807, 2.05) is 35.8 Å². The highest BCUT2D eigenvalue weighted by Gasteiger charge is 2.48. The summed E-state index contributed by atoms with van der Waals surface area (Å²) in [7, 11) is 1.85. The fraction of sp³-hybridized carbons (Fsp3) is 0.300. The molecule has 0 aliphatic carbocycles. The van der Waals surface area contributed by atoms with Gasteiger partial charge in [-0.1, -0.05) is 12.0 Å². The van der Waals surface area contributed by atoms with E-state index in [9.17, 15) is 9.59 Å². The van der Waals surface area contributed by atoms with Gasteiger partial charge in [-0.25, -0.2) is 9.78 Å². The highest BCUT2D eigenvalue weighted by molar-refractivity contribution is 6.07. The minimum absolute atomic E-state index is 0.231. The first-order valence-electron chi connectivity index (χ1n) is 9.40. The summed E-state index contributed by atoms with van der Waals surface area (Å²) in [5.74, 6) is 7.05. The Morgan fingerprint density at radius 3 is 2.66 bits per heavy atom. The maximum atomic E-state index is 12.2. The maximum absolute atomic E-state index is 12.2. The Morgan fingerprint density at radius 2 is 1.97 bits per heavy atom. The van der Waals surface area contributed by atoms with E-state index < -0.39 is 11.6 Å². The summed E-state index contributed by atoms with van der Waals surface area (Å²) < 4.78 is 3.74. The highest BCUT2D eigenvalue weighted by Crippen LogP contribution is 2.29. The van der Waals surface area contributed by atoms with Crippen LogP contribution in [0.1, 0.15) is 24.1 Å². The van der Waals surface area contributed by atoms with Gasteiger partial charge >= 0.3 is 6.03 Å². The Bertz CT molecular complexity index is 1190. The lowest BCUT2D eigenvalue weighted by atomic mass is 9.88. The summed E-state index contributed by atoms with van der Waals surface area (Å²) in [4.78, 5) is 30.4. The molecule has 3 aromatic heterocycles. The molecule has 0 bridgehead atoms. The molecule has 2 saturated heterocycles. The van der Waals surface area contributed by atoms with Gasteiger partial charge in [0.1, 0.15) is 22.7 Å². The molecule has 3 amide bonds. The molecular formula is C20H19N7O2. The minimum Gasteiger partial charge on any atom is -0.357 e. The molecule has 2 aliphatic heterocycles. The predicted molar refractivity (Wildman–Crippen MR) is 105 cm³/mol. The van der Waals surface area contributed by atoms with Crippen molar-refractivity contribution in [1.29, 1.82) is 0 Å². The Kier molecular flexibility index (Phi) is 3.81. The Labute approximate surface area is 166 Å². The number of amides is 3. The number of aromatic nitrogens is 4. The van der Waals surface area contributed by atoms with Gasteiger partial charge in [0.25, 0.3) is 5.91 Å². The zero-order valence-electron chi connectivity index (χ0n) is 15.8. The zero-order chi connectivity index (χ0) is 20.0. The van der Waals surface area contributed by atoms with Gasteiger partial charge in [0.2, 0.25) is 0 Å². The van der Waals surface area contributed by atoms with Crippen molar-refractivity contribution in [3.05, 3.63) is 48.0 Å². The summed E-state index contributed by atoms with van der Waals surface area (Å²) in [6.45, 7) is 1.28. The van der Waals surface area contributed by atoms with E-state index in [2.05, 4.69) is 37.5 Å². The number of anilines is 1. The predicted octanol–water partition coefficient (Wildman–Crippen LogP) is 0.646. The summed E-state index contributed by atoms with van der Waals surface area (Å²) in [5.41, 5.74) is 1.64. The molecule has 9 nitrogen and oxygen atoms in total. The highest BCUT2D eigenvalue weighted by atomic mass is 16.2. The fourth-order valence-corrected chi connectivity index (χ4v) is 3.97. The number of nitrogens with one attached hydrogen (secondary N) is 2. The van der Waals surface area contributed by atoms with Crippen LogP contribution in [0.5, 0.6) is 0 Å². The van der Waals surface area contributed by atoms with Gasteiger partial charge < -0.3 is 10.2 Å². The van der Waals surface area contributed by atoms with Crippen LogP contribution in [0.4, 0.5) is 10.6 Å². The van der Waals surface area contributed by atoms with Gasteiger partial charge in [-0.05, 0) is 30.9 Å². The Balaban J connectivity index is 1.45. The molecule has 9 heteroatoms. The molecule has 5 heterocycles. The first kappa shape index (κ1) is 17.3. The molecule has 29 heavy (non-hydrogen) atoms. The average Bonchev–Trinajstić information content (AvgIpc) is 3.39. The van der Waals surface area contributed by atoms with Crippen molar-refractivity contribution in [2.45, 2.75) is 18.4 Å². The molecule has 2 fully saturated rings. The first-order valence-corrected chi connectivity index (χ1v) is 9.40. The number of nitrogens with zero attached hydrogens (tertiary/aromatic N) is 5. The van der Waals surface area contributed by atoms with Gasteiger partial charge in [-0.3, -0.25) is 19.2 Å². The normalized spacial score (nSPS) is 17.9. The number of hydrogen-bond acceptors (Lipinski definition) is 5. The zero-order valence-corrected chi connectivity index (χ0v) is 15.8. The molecule has 2 N–H and O–H groups in total. The fourth-order valence-electron chi connectivity index (χ4n) is 3.97. The number of pyridine rings is 1. The number of carbonyl (C=O) groups excluding carboxylic acids is 2. The minimum atomic E-state index is -0.792. The van der Waals surface area contributed by atoms with Crippen LogP contribution in [0.2, 0.25) is 0 Å². The molecule has 3 aromatic rings. The van der Waals surface area contributed by atoms with Crippen LogP contribution < -0.4 is 15.5 Å². The third-order valence-electron chi connectivity index (χ3n) is 5.50. The van der Waals surface area contributed by atoms with Gasteiger partial charge in [-0.2, -0.15) is 5.10 Å². The van der Waals surface area contributed by atoms with Crippen LogP contribution in [0.15, 0.2) is 36.8 Å². The smallest absolute Gasteiger partial charge is 0.322 e. The first-order chi connectivity index (χ1) is 14.0. The Morgan fingerprint density at radius 1 is 1.14 bits per heavy atom. The summed E-state index contributed by atoms with van der Waals surface area (Å²) >= 11 is 0. The molecule has 1 spiro atoms. The number of hydrogen-bond donors (Lipinski definition) is 2. The largest absolute Gasteiger partial charge is 0.357 e. The number of carbonyl (C=O) groups is 2. The van der Waals surface area contributed by atoms with Crippen LogP contribution in [0.3, 0.4) is 0 Å². The van der Waals surface area contributed by atoms with Crippen LogP contribution in [0, 0.1) is 11.8 Å². The molecule has 0 atom stereocenters. The lowest BCUT2D eigenvalue weighted by Crippen LogP contribution is -2.55. The van der Waals surface area contributed by atoms with E-state index in [1.54, 1.807) is 17.1 Å². The molecule has 2 aliphatic rings. The summed E-state index contributed by atoms with van der Waals surface area (Å²) in [6, 6.07) is 5.52. The van der Waals surface area contributed by atoms with E-state index in [0.29, 0.717) is 25.9 Å². The van der Waals surface area contributed by atoms with Crippen molar-refractivity contribution in [3.8, 4) is 11.8 Å². The lowest BCUT2D eigenvalue weighted by Gasteiger charge is -2.38. The third-order valence-corrected chi connectivity index (χ3v) is 5.50. The topological polar surface area (TPSA) is 96.6 Å². The van der Waals surface area contributed by atoms with Gasteiger partial charge in [0.15, 0.2) is 0 Å². The van der Waals surface area contributed by atoms with Crippen LogP contribution >= 0.6 is 0 Å². The van der Waals surface area contributed by atoms with Crippen LogP contribution in [-0.2, 0) is 11.8 Å². The van der Waals surface area contributed by atoms with E-state index in [-0.39, 0.29) is 5.91 Å². The second kappa shape index (κ2) is 6.38. The second-order valence-corrected chi connectivity index (χ2v) is 7.35.